The summed E-state index contributed by atoms with van der Waals surface area (Å²) in [7, 11) is 1.97. The van der Waals surface area contributed by atoms with Gasteiger partial charge in [0.25, 0.3) is 0 Å². The van der Waals surface area contributed by atoms with Crippen LogP contribution in [-0.4, -0.2) is 44.0 Å². The fourth-order valence-corrected chi connectivity index (χ4v) is 4.59. The van der Waals surface area contributed by atoms with Gasteiger partial charge in [0, 0.05) is 24.9 Å². The summed E-state index contributed by atoms with van der Waals surface area (Å²) in [5, 5.41) is 38.7. The molecule has 0 aromatic heterocycles. The van der Waals surface area contributed by atoms with Gasteiger partial charge in [-0.05, 0) is 44.2 Å². The summed E-state index contributed by atoms with van der Waals surface area (Å²) in [6, 6.07) is 11.8. The zero-order valence-corrected chi connectivity index (χ0v) is 17.5. The molecule has 1 saturated carbocycles. The molecule has 2 aliphatic rings. The van der Waals surface area contributed by atoms with Crippen LogP contribution in [0.4, 0.5) is 0 Å². The number of fused-ring (bicyclic) bond motifs is 1. The lowest BCUT2D eigenvalue weighted by molar-refractivity contribution is 0.234. The molecule has 0 saturated heterocycles. The zero-order chi connectivity index (χ0) is 21.9. The van der Waals surface area contributed by atoms with Gasteiger partial charge in [-0.15, -0.1) is 0 Å². The molecule has 0 amide bonds. The molecular formula is C23H25N5O2. The molecule has 0 spiro atoms. The van der Waals surface area contributed by atoms with E-state index in [0.29, 0.717) is 37.8 Å². The molecule has 1 heterocycles. The quantitative estimate of drug-likeness (QED) is 0.754. The number of ether oxygens (including phenoxy) is 2. The second-order valence-corrected chi connectivity index (χ2v) is 7.59. The summed E-state index contributed by atoms with van der Waals surface area (Å²) in [5.41, 5.74) is -0.299. The van der Waals surface area contributed by atoms with Crippen molar-refractivity contribution in [2.75, 3.05) is 33.4 Å². The van der Waals surface area contributed by atoms with E-state index in [0.717, 1.165) is 11.1 Å². The summed E-state index contributed by atoms with van der Waals surface area (Å²) < 4.78 is 11.4. The van der Waals surface area contributed by atoms with Gasteiger partial charge >= 0.3 is 0 Å². The number of hydrogen-bond donors (Lipinski definition) is 1. The van der Waals surface area contributed by atoms with Crippen LogP contribution in [0.1, 0.15) is 25.3 Å². The molecule has 1 aliphatic carbocycles. The molecule has 1 N–H and O–H groups in total. The average molecular weight is 403 g/mol. The first-order valence-corrected chi connectivity index (χ1v) is 10.1. The third-order valence-corrected chi connectivity index (χ3v) is 5.90. The standard InChI is InChI=1S/C23H25N5O2/c1-4-29-19-7-6-15(10-20(19)30-5-2)21-18-12-28(3)9-8-16(18)17(11-24)22(27)23(21,13-25)14-26/h6-8,10,17-18,21,27H,4-5,9,12H2,1-3H3/t17-,18+,21+/m0/s1. The van der Waals surface area contributed by atoms with Crippen molar-refractivity contribution >= 4 is 5.71 Å². The van der Waals surface area contributed by atoms with E-state index in [-0.39, 0.29) is 11.6 Å². The first-order chi connectivity index (χ1) is 14.5. The van der Waals surface area contributed by atoms with Gasteiger partial charge in [-0.2, -0.15) is 15.8 Å². The van der Waals surface area contributed by atoms with E-state index in [1.165, 1.54) is 0 Å². The minimum absolute atomic E-state index is 0.140. The average Bonchev–Trinajstić information content (AvgIpc) is 2.75. The van der Waals surface area contributed by atoms with Crippen molar-refractivity contribution in [1.29, 1.82) is 21.2 Å². The van der Waals surface area contributed by atoms with Gasteiger partial charge in [-0.3, -0.25) is 0 Å². The van der Waals surface area contributed by atoms with E-state index in [4.69, 9.17) is 14.9 Å². The highest BCUT2D eigenvalue weighted by molar-refractivity contribution is 6.00. The Morgan fingerprint density at radius 2 is 1.80 bits per heavy atom. The lowest BCUT2D eigenvalue weighted by Crippen LogP contribution is -2.52. The van der Waals surface area contributed by atoms with Gasteiger partial charge in [0.1, 0.15) is 5.92 Å². The summed E-state index contributed by atoms with van der Waals surface area (Å²) in [4.78, 5) is 2.10. The van der Waals surface area contributed by atoms with Crippen LogP contribution in [0.3, 0.4) is 0 Å². The van der Waals surface area contributed by atoms with E-state index in [9.17, 15) is 15.8 Å². The van der Waals surface area contributed by atoms with Crippen LogP contribution in [-0.2, 0) is 0 Å². The van der Waals surface area contributed by atoms with E-state index in [1.807, 2.05) is 39.1 Å². The van der Waals surface area contributed by atoms with Gasteiger partial charge in [-0.25, -0.2) is 0 Å². The summed E-state index contributed by atoms with van der Waals surface area (Å²) in [5.74, 6) is -0.527. The van der Waals surface area contributed by atoms with Crippen LogP contribution in [0.15, 0.2) is 29.8 Å². The maximum absolute atomic E-state index is 10.1. The summed E-state index contributed by atoms with van der Waals surface area (Å²) in [6.45, 7) is 5.97. The molecule has 3 atom stereocenters. The Morgan fingerprint density at radius 1 is 1.13 bits per heavy atom. The normalized spacial score (nSPS) is 25.1. The number of nitrogens with one attached hydrogen (secondary N) is 1. The molecule has 7 nitrogen and oxygen atoms in total. The Bertz CT molecular complexity index is 980. The fraction of sp³-hybridized carbons (Fsp3) is 0.478. The number of likely N-dealkylation sites (N-methyl/N-ethyl adjacent to an activating group) is 1. The second-order valence-electron chi connectivity index (χ2n) is 7.59. The first kappa shape index (κ1) is 21.4. The Hall–Kier alpha value is -3.34. The highest BCUT2D eigenvalue weighted by Gasteiger charge is 2.57. The van der Waals surface area contributed by atoms with Gasteiger partial charge in [0.15, 0.2) is 16.9 Å². The maximum Gasteiger partial charge on any atom is 0.189 e. The monoisotopic (exact) mass is 403 g/mol. The SMILES string of the molecule is CCOc1ccc([C@@H]2[C@@H]3CN(C)CC=C3[C@H](C#N)C(=N)C2(C#N)C#N)cc1OCC. The van der Waals surface area contributed by atoms with Crippen LogP contribution in [0.25, 0.3) is 0 Å². The Labute approximate surface area is 177 Å². The number of hydrogen-bond acceptors (Lipinski definition) is 7. The highest BCUT2D eigenvalue weighted by Crippen LogP contribution is 2.54. The van der Waals surface area contributed by atoms with Gasteiger partial charge < -0.3 is 19.8 Å². The maximum atomic E-state index is 10.1. The number of benzene rings is 1. The minimum Gasteiger partial charge on any atom is -0.490 e. The molecule has 0 bridgehead atoms. The molecule has 1 aliphatic heterocycles. The Morgan fingerprint density at radius 3 is 2.40 bits per heavy atom. The highest BCUT2D eigenvalue weighted by atomic mass is 16.5. The van der Waals surface area contributed by atoms with E-state index < -0.39 is 17.3 Å². The van der Waals surface area contributed by atoms with Gasteiger partial charge in [0.05, 0.1) is 37.1 Å². The topological polar surface area (TPSA) is 117 Å². The first-order valence-electron chi connectivity index (χ1n) is 10.1. The minimum atomic E-state index is -1.73. The molecule has 3 rings (SSSR count). The van der Waals surface area contributed by atoms with Crippen LogP contribution in [0.2, 0.25) is 0 Å². The molecule has 1 aromatic rings. The predicted octanol–water partition coefficient (Wildman–Crippen LogP) is 3.26. The fourth-order valence-electron chi connectivity index (χ4n) is 4.59. The molecule has 30 heavy (non-hydrogen) atoms. The van der Waals surface area contributed by atoms with Gasteiger partial charge in [0.2, 0.25) is 0 Å². The third kappa shape index (κ3) is 3.30. The zero-order valence-electron chi connectivity index (χ0n) is 17.5. The smallest absolute Gasteiger partial charge is 0.189 e. The van der Waals surface area contributed by atoms with Crippen molar-refractivity contribution in [3.05, 3.63) is 35.4 Å². The molecule has 154 valence electrons. The van der Waals surface area contributed by atoms with E-state index >= 15 is 0 Å². The number of rotatable bonds is 5. The number of nitrogens with zero attached hydrogens (tertiary/aromatic N) is 4. The van der Waals surface area contributed by atoms with Crippen molar-refractivity contribution in [2.24, 2.45) is 17.3 Å². The number of nitriles is 3. The van der Waals surface area contributed by atoms with Crippen LogP contribution < -0.4 is 9.47 Å². The van der Waals surface area contributed by atoms with Crippen molar-refractivity contribution in [3.8, 4) is 29.7 Å². The van der Waals surface area contributed by atoms with Crippen molar-refractivity contribution in [3.63, 3.8) is 0 Å². The van der Waals surface area contributed by atoms with Crippen molar-refractivity contribution < 1.29 is 9.47 Å². The van der Waals surface area contributed by atoms with Crippen LogP contribution >= 0.6 is 0 Å². The third-order valence-electron chi connectivity index (χ3n) is 5.90. The molecule has 1 aromatic carbocycles. The molecular weight excluding hydrogens is 378 g/mol. The second kappa shape index (κ2) is 8.57. The lowest BCUT2D eigenvalue weighted by Gasteiger charge is -2.47. The Balaban J connectivity index is 2.23. The summed E-state index contributed by atoms with van der Waals surface area (Å²) >= 11 is 0. The predicted molar refractivity (Wildman–Crippen MR) is 111 cm³/mol. The van der Waals surface area contributed by atoms with Crippen LogP contribution in [0.5, 0.6) is 11.5 Å². The Kier molecular flexibility index (Phi) is 6.11. The van der Waals surface area contributed by atoms with Crippen LogP contribution in [0, 0.1) is 56.7 Å². The molecule has 0 radical (unpaired) electrons. The summed E-state index contributed by atoms with van der Waals surface area (Å²) in [6.07, 6.45) is 1.97. The lowest BCUT2D eigenvalue weighted by atomic mass is 9.54. The van der Waals surface area contributed by atoms with Crippen molar-refractivity contribution in [1.82, 2.24) is 4.90 Å². The molecule has 7 heteroatoms. The largest absolute Gasteiger partial charge is 0.490 e. The van der Waals surface area contributed by atoms with Gasteiger partial charge in [-0.1, -0.05) is 12.1 Å². The molecule has 1 fully saturated rings. The molecule has 0 unspecified atom stereocenters. The van der Waals surface area contributed by atoms with E-state index in [2.05, 4.69) is 23.1 Å². The van der Waals surface area contributed by atoms with Crippen molar-refractivity contribution in [2.45, 2.75) is 19.8 Å². The van der Waals surface area contributed by atoms with E-state index in [1.54, 1.807) is 6.07 Å².